The Labute approximate surface area is 106 Å². The van der Waals surface area contributed by atoms with Crippen LogP contribution in [0.1, 0.15) is 48.0 Å². The molecule has 3 heteroatoms. The molecule has 1 aliphatic rings. The van der Waals surface area contributed by atoms with Gasteiger partial charge in [0.05, 0.1) is 5.56 Å². The van der Waals surface area contributed by atoms with Gasteiger partial charge in [0.2, 0.25) is 0 Å². The summed E-state index contributed by atoms with van der Waals surface area (Å²) in [6, 6.07) is 6.39. The second-order valence-corrected chi connectivity index (χ2v) is 4.72. The molecule has 1 aromatic carbocycles. The van der Waals surface area contributed by atoms with Crippen molar-refractivity contribution in [3.8, 4) is 11.8 Å². The Balaban J connectivity index is 2.11. The summed E-state index contributed by atoms with van der Waals surface area (Å²) in [5, 5.41) is 19.0. The van der Waals surface area contributed by atoms with Gasteiger partial charge in [-0.15, -0.1) is 0 Å². The monoisotopic (exact) mass is 244 g/mol. The van der Waals surface area contributed by atoms with E-state index in [4.69, 9.17) is 5.11 Å². The second kappa shape index (κ2) is 5.24. The maximum absolute atomic E-state index is 10.7. The molecule has 0 bridgehead atoms. The zero-order valence-electron chi connectivity index (χ0n) is 10.1. The Morgan fingerprint density at radius 2 is 1.72 bits per heavy atom. The molecule has 3 nitrogen and oxygen atoms in total. The van der Waals surface area contributed by atoms with Crippen LogP contribution in [-0.4, -0.2) is 21.8 Å². The minimum Gasteiger partial charge on any atom is -0.478 e. The first-order chi connectivity index (χ1) is 8.59. The Hall–Kier alpha value is -1.79. The molecule has 2 rings (SSSR count). The van der Waals surface area contributed by atoms with Crippen molar-refractivity contribution in [1.29, 1.82) is 0 Å². The highest BCUT2D eigenvalue weighted by Crippen LogP contribution is 2.27. The van der Waals surface area contributed by atoms with Crippen molar-refractivity contribution in [3.05, 3.63) is 35.4 Å². The van der Waals surface area contributed by atoms with Gasteiger partial charge >= 0.3 is 5.97 Å². The third kappa shape index (κ3) is 3.12. The highest BCUT2D eigenvalue weighted by atomic mass is 16.4. The van der Waals surface area contributed by atoms with Crippen LogP contribution in [0.2, 0.25) is 0 Å². The van der Waals surface area contributed by atoms with Crippen molar-refractivity contribution in [3.63, 3.8) is 0 Å². The first kappa shape index (κ1) is 12.7. The molecule has 0 spiro atoms. The molecule has 0 radical (unpaired) electrons. The second-order valence-electron chi connectivity index (χ2n) is 4.72. The van der Waals surface area contributed by atoms with Gasteiger partial charge in [0, 0.05) is 5.56 Å². The molecule has 0 heterocycles. The molecule has 1 aromatic rings. The Morgan fingerprint density at radius 3 is 2.28 bits per heavy atom. The Bertz CT molecular complexity index is 485. The van der Waals surface area contributed by atoms with E-state index in [1.165, 1.54) is 12.1 Å². The van der Waals surface area contributed by atoms with E-state index >= 15 is 0 Å². The van der Waals surface area contributed by atoms with Crippen LogP contribution in [0, 0.1) is 11.8 Å². The maximum atomic E-state index is 10.7. The molecule has 0 amide bonds. The predicted molar refractivity (Wildman–Crippen MR) is 68.3 cm³/mol. The molecule has 94 valence electrons. The standard InChI is InChI=1S/C15H16O3/c16-14(17)13-6-4-12(5-7-13)8-11-15(18)9-2-1-3-10-15/h4-7,18H,1-3,9-10H2,(H,16,17). The number of carboxylic acid groups (broad SMARTS) is 1. The molecule has 0 atom stereocenters. The van der Waals surface area contributed by atoms with Gasteiger partial charge in [-0.2, -0.15) is 0 Å². The number of carbonyl (C=O) groups is 1. The highest BCUT2D eigenvalue weighted by Gasteiger charge is 2.26. The summed E-state index contributed by atoms with van der Waals surface area (Å²) in [6.07, 6.45) is 4.66. The third-order valence-corrected chi connectivity index (χ3v) is 3.25. The van der Waals surface area contributed by atoms with Gasteiger partial charge in [-0.3, -0.25) is 0 Å². The summed E-state index contributed by atoms with van der Waals surface area (Å²) >= 11 is 0. The molecule has 1 fully saturated rings. The van der Waals surface area contributed by atoms with E-state index < -0.39 is 11.6 Å². The van der Waals surface area contributed by atoms with Crippen LogP contribution >= 0.6 is 0 Å². The van der Waals surface area contributed by atoms with Crippen molar-refractivity contribution in [2.75, 3.05) is 0 Å². The molecule has 0 aromatic heterocycles. The van der Waals surface area contributed by atoms with Crippen LogP contribution < -0.4 is 0 Å². The van der Waals surface area contributed by atoms with E-state index in [0.717, 1.165) is 37.7 Å². The molecule has 0 saturated heterocycles. The van der Waals surface area contributed by atoms with E-state index in [2.05, 4.69) is 11.8 Å². The van der Waals surface area contributed by atoms with Crippen molar-refractivity contribution in [2.45, 2.75) is 37.7 Å². The minimum absolute atomic E-state index is 0.247. The van der Waals surface area contributed by atoms with E-state index in [1.807, 2.05) is 0 Å². The van der Waals surface area contributed by atoms with E-state index in [0.29, 0.717) is 0 Å². The zero-order chi connectivity index (χ0) is 13.0. The fourth-order valence-corrected chi connectivity index (χ4v) is 2.15. The van der Waals surface area contributed by atoms with Crippen LogP contribution in [0.3, 0.4) is 0 Å². The lowest BCUT2D eigenvalue weighted by molar-refractivity contribution is 0.0609. The van der Waals surface area contributed by atoms with E-state index in [-0.39, 0.29) is 5.56 Å². The molecular weight excluding hydrogens is 228 g/mol. The van der Waals surface area contributed by atoms with Crippen molar-refractivity contribution >= 4 is 5.97 Å². The Kier molecular flexibility index (Phi) is 3.69. The molecule has 18 heavy (non-hydrogen) atoms. The number of hydrogen-bond acceptors (Lipinski definition) is 2. The van der Waals surface area contributed by atoms with Crippen LogP contribution in [0.25, 0.3) is 0 Å². The number of rotatable bonds is 1. The number of hydrogen-bond donors (Lipinski definition) is 2. The summed E-state index contributed by atoms with van der Waals surface area (Å²) in [7, 11) is 0. The maximum Gasteiger partial charge on any atom is 0.335 e. The van der Waals surface area contributed by atoms with Crippen LogP contribution in [0.15, 0.2) is 24.3 Å². The number of carboxylic acids is 1. The summed E-state index contributed by atoms with van der Waals surface area (Å²) in [4.78, 5) is 10.7. The van der Waals surface area contributed by atoms with Gasteiger partial charge in [-0.25, -0.2) is 4.79 Å². The van der Waals surface area contributed by atoms with Gasteiger partial charge in [0.25, 0.3) is 0 Å². The lowest BCUT2D eigenvalue weighted by Gasteiger charge is -2.26. The average molecular weight is 244 g/mol. The highest BCUT2D eigenvalue weighted by molar-refractivity contribution is 5.87. The summed E-state index contributed by atoms with van der Waals surface area (Å²) < 4.78 is 0. The molecule has 2 N–H and O–H groups in total. The van der Waals surface area contributed by atoms with Gasteiger partial charge in [0.1, 0.15) is 5.60 Å². The summed E-state index contributed by atoms with van der Waals surface area (Å²) in [6.45, 7) is 0. The van der Waals surface area contributed by atoms with E-state index in [1.54, 1.807) is 12.1 Å². The van der Waals surface area contributed by atoms with Crippen molar-refractivity contribution < 1.29 is 15.0 Å². The normalized spacial score (nSPS) is 17.6. The lowest BCUT2D eigenvalue weighted by atomic mass is 9.85. The largest absolute Gasteiger partial charge is 0.478 e. The van der Waals surface area contributed by atoms with Crippen molar-refractivity contribution in [1.82, 2.24) is 0 Å². The first-order valence-corrected chi connectivity index (χ1v) is 6.18. The molecule has 0 aliphatic heterocycles. The first-order valence-electron chi connectivity index (χ1n) is 6.18. The van der Waals surface area contributed by atoms with Crippen LogP contribution in [-0.2, 0) is 0 Å². The fourth-order valence-electron chi connectivity index (χ4n) is 2.15. The van der Waals surface area contributed by atoms with Gasteiger partial charge in [0.15, 0.2) is 0 Å². The fraction of sp³-hybridized carbons (Fsp3) is 0.400. The van der Waals surface area contributed by atoms with Gasteiger partial charge < -0.3 is 10.2 Å². The lowest BCUT2D eigenvalue weighted by Crippen LogP contribution is -2.29. The molecule has 1 saturated carbocycles. The molecular formula is C15H16O3. The average Bonchev–Trinajstić information content (AvgIpc) is 2.38. The number of aromatic carboxylic acids is 1. The minimum atomic E-state index is -0.944. The summed E-state index contributed by atoms with van der Waals surface area (Å²) in [5.74, 6) is 4.91. The van der Waals surface area contributed by atoms with E-state index in [9.17, 15) is 9.90 Å². The van der Waals surface area contributed by atoms with Crippen LogP contribution in [0.4, 0.5) is 0 Å². The van der Waals surface area contributed by atoms with Crippen LogP contribution in [0.5, 0.6) is 0 Å². The predicted octanol–water partition coefficient (Wildman–Crippen LogP) is 2.43. The number of benzene rings is 1. The van der Waals surface area contributed by atoms with Gasteiger partial charge in [-0.1, -0.05) is 18.3 Å². The zero-order valence-corrected chi connectivity index (χ0v) is 10.1. The Morgan fingerprint density at radius 1 is 1.11 bits per heavy atom. The molecule has 1 aliphatic carbocycles. The van der Waals surface area contributed by atoms with Gasteiger partial charge in [-0.05, 0) is 49.9 Å². The topological polar surface area (TPSA) is 57.5 Å². The third-order valence-electron chi connectivity index (χ3n) is 3.25. The SMILES string of the molecule is O=C(O)c1ccc(C#CC2(O)CCCCC2)cc1. The van der Waals surface area contributed by atoms with Crippen molar-refractivity contribution in [2.24, 2.45) is 0 Å². The smallest absolute Gasteiger partial charge is 0.335 e. The number of aliphatic hydroxyl groups is 1. The quantitative estimate of drug-likeness (QED) is 0.746. The summed E-state index contributed by atoms with van der Waals surface area (Å²) in [5.41, 5.74) is 0.125. The molecule has 0 unspecified atom stereocenters.